The molecule has 0 bridgehead atoms. The molecule has 5 heteroatoms. The molecule has 0 fully saturated rings. The van der Waals surface area contributed by atoms with Gasteiger partial charge in [-0.05, 0) is 12.8 Å². The van der Waals surface area contributed by atoms with E-state index in [9.17, 15) is 5.11 Å². The smallest absolute Gasteiger partial charge is 0.132 e. The predicted molar refractivity (Wildman–Crippen MR) is 74.9 cm³/mol. The molecule has 0 aliphatic heterocycles. The average molecular weight is 252 g/mol. The third kappa shape index (κ3) is 4.14. The molecule has 1 heterocycles. The number of hydrogen-bond acceptors (Lipinski definition) is 5. The first-order valence-corrected chi connectivity index (χ1v) is 6.59. The van der Waals surface area contributed by atoms with Crippen molar-refractivity contribution >= 4 is 11.6 Å². The molecule has 18 heavy (non-hydrogen) atoms. The van der Waals surface area contributed by atoms with Crippen LogP contribution in [0.2, 0.25) is 0 Å². The molecule has 0 saturated heterocycles. The fourth-order valence-corrected chi connectivity index (χ4v) is 1.61. The van der Waals surface area contributed by atoms with Crippen molar-refractivity contribution in [2.24, 2.45) is 5.92 Å². The SMILES string of the molecule is CCNc1cc(N[C@H](CO)C(C)C)nc(CC)n1. The van der Waals surface area contributed by atoms with Crippen LogP contribution in [0, 0.1) is 5.92 Å². The van der Waals surface area contributed by atoms with Crippen molar-refractivity contribution in [1.82, 2.24) is 9.97 Å². The summed E-state index contributed by atoms with van der Waals surface area (Å²) in [7, 11) is 0. The zero-order valence-corrected chi connectivity index (χ0v) is 11.7. The van der Waals surface area contributed by atoms with Gasteiger partial charge in [0.25, 0.3) is 0 Å². The minimum absolute atomic E-state index is 0.0130. The zero-order valence-electron chi connectivity index (χ0n) is 11.7. The second kappa shape index (κ2) is 7.16. The van der Waals surface area contributed by atoms with Gasteiger partial charge in [0.2, 0.25) is 0 Å². The van der Waals surface area contributed by atoms with Gasteiger partial charge in [0.15, 0.2) is 0 Å². The van der Waals surface area contributed by atoms with E-state index in [2.05, 4.69) is 34.4 Å². The van der Waals surface area contributed by atoms with Crippen LogP contribution in [-0.4, -0.2) is 34.3 Å². The minimum Gasteiger partial charge on any atom is -0.394 e. The minimum atomic E-state index is 0.0130. The fourth-order valence-electron chi connectivity index (χ4n) is 1.61. The molecule has 1 aromatic rings. The average Bonchev–Trinajstić information content (AvgIpc) is 2.35. The highest BCUT2D eigenvalue weighted by Gasteiger charge is 2.13. The first-order valence-electron chi connectivity index (χ1n) is 6.59. The Hall–Kier alpha value is -1.36. The van der Waals surface area contributed by atoms with E-state index in [1.165, 1.54) is 0 Å². The topological polar surface area (TPSA) is 70.1 Å². The van der Waals surface area contributed by atoms with Crippen LogP contribution in [0.15, 0.2) is 6.07 Å². The molecule has 0 saturated carbocycles. The van der Waals surface area contributed by atoms with Crippen molar-refractivity contribution in [3.63, 3.8) is 0 Å². The van der Waals surface area contributed by atoms with Crippen molar-refractivity contribution in [3.05, 3.63) is 11.9 Å². The van der Waals surface area contributed by atoms with E-state index in [0.717, 1.165) is 30.4 Å². The molecular weight excluding hydrogens is 228 g/mol. The number of aliphatic hydroxyl groups excluding tert-OH is 1. The van der Waals surface area contributed by atoms with E-state index in [1.54, 1.807) is 0 Å². The molecule has 1 rings (SSSR count). The van der Waals surface area contributed by atoms with Gasteiger partial charge in [-0.15, -0.1) is 0 Å². The molecule has 1 aromatic heterocycles. The van der Waals surface area contributed by atoms with Crippen LogP contribution >= 0.6 is 0 Å². The molecule has 0 unspecified atom stereocenters. The summed E-state index contributed by atoms with van der Waals surface area (Å²) in [5.74, 6) is 2.74. The maximum absolute atomic E-state index is 9.34. The maximum Gasteiger partial charge on any atom is 0.132 e. The number of nitrogens with one attached hydrogen (secondary N) is 2. The first-order chi connectivity index (χ1) is 8.60. The lowest BCUT2D eigenvalue weighted by atomic mass is 10.1. The summed E-state index contributed by atoms with van der Waals surface area (Å²) in [6.07, 6.45) is 0.791. The molecule has 0 aromatic carbocycles. The summed E-state index contributed by atoms with van der Waals surface area (Å²) in [5.41, 5.74) is 0. The van der Waals surface area contributed by atoms with Crippen LogP contribution in [0.4, 0.5) is 11.6 Å². The summed E-state index contributed by atoms with van der Waals surface area (Å²) < 4.78 is 0. The molecule has 0 aliphatic rings. The highest BCUT2D eigenvalue weighted by Crippen LogP contribution is 2.15. The van der Waals surface area contributed by atoms with Gasteiger partial charge in [0.1, 0.15) is 17.5 Å². The van der Waals surface area contributed by atoms with Crippen molar-refractivity contribution < 1.29 is 5.11 Å². The van der Waals surface area contributed by atoms with Gasteiger partial charge in [-0.3, -0.25) is 0 Å². The Balaban J connectivity index is 2.89. The van der Waals surface area contributed by atoms with Crippen LogP contribution in [0.3, 0.4) is 0 Å². The van der Waals surface area contributed by atoms with Gasteiger partial charge in [0.05, 0.1) is 12.6 Å². The van der Waals surface area contributed by atoms with Gasteiger partial charge >= 0.3 is 0 Å². The summed E-state index contributed by atoms with van der Waals surface area (Å²) in [4.78, 5) is 8.83. The predicted octanol–water partition coefficient (Wildman–Crippen LogP) is 1.90. The van der Waals surface area contributed by atoms with Crippen molar-refractivity contribution in [1.29, 1.82) is 0 Å². The van der Waals surface area contributed by atoms with Crippen LogP contribution in [0.1, 0.15) is 33.5 Å². The quantitative estimate of drug-likeness (QED) is 0.691. The van der Waals surface area contributed by atoms with Gasteiger partial charge in [-0.1, -0.05) is 20.8 Å². The summed E-state index contributed by atoms with van der Waals surface area (Å²) in [6, 6.07) is 1.90. The van der Waals surface area contributed by atoms with Crippen LogP contribution in [-0.2, 0) is 6.42 Å². The number of aliphatic hydroxyl groups is 1. The standard InChI is InChI=1S/C13H24N4O/c1-5-11-16-12(14-6-2)7-13(17-11)15-10(8-18)9(3)4/h7,9-10,18H,5-6,8H2,1-4H3,(H2,14,15,16,17)/t10-/m1/s1. The Bertz CT molecular complexity index is 368. The van der Waals surface area contributed by atoms with Gasteiger partial charge in [-0.25, -0.2) is 9.97 Å². The molecule has 102 valence electrons. The number of rotatable bonds is 7. The van der Waals surface area contributed by atoms with Gasteiger partial charge in [-0.2, -0.15) is 0 Å². The van der Waals surface area contributed by atoms with E-state index in [1.807, 2.05) is 19.9 Å². The second-order valence-electron chi connectivity index (χ2n) is 4.62. The molecule has 0 radical (unpaired) electrons. The maximum atomic E-state index is 9.34. The zero-order chi connectivity index (χ0) is 13.5. The Kier molecular flexibility index (Phi) is 5.85. The van der Waals surface area contributed by atoms with E-state index >= 15 is 0 Å². The molecule has 5 nitrogen and oxygen atoms in total. The Morgan fingerprint density at radius 2 is 1.89 bits per heavy atom. The van der Waals surface area contributed by atoms with Gasteiger partial charge in [0, 0.05) is 19.0 Å². The molecule has 0 amide bonds. The number of aryl methyl sites for hydroxylation is 1. The third-order valence-corrected chi connectivity index (χ3v) is 2.78. The van der Waals surface area contributed by atoms with Crippen LogP contribution in [0.5, 0.6) is 0 Å². The molecule has 0 spiro atoms. The van der Waals surface area contributed by atoms with E-state index in [-0.39, 0.29) is 12.6 Å². The number of anilines is 2. The molecular formula is C13H24N4O. The number of aromatic nitrogens is 2. The first kappa shape index (κ1) is 14.7. The van der Waals surface area contributed by atoms with Crippen LogP contribution in [0.25, 0.3) is 0 Å². The summed E-state index contributed by atoms with van der Waals surface area (Å²) in [6.45, 7) is 9.13. The fraction of sp³-hybridized carbons (Fsp3) is 0.692. The molecule has 1 atom stereocenters. The lowest BCUT2D eigenvalue weighted by molar-refractivity contribution is 0.249. The third-order valence-electron chi connectivity index (χ3n) is 2.78. The van der Waals surface area contributed by atoms with E-state index < -0.39 is 0 Å². The monoisotopic (exact) mass is 252 g/mol. The molecule has 0 aliphatic carbocycles. The Morgan fingerprint density at radius 3 is 2.39 bits per heavy atom. The Morgan fingerprint density at radius 1 is 1.22 bits per heavy atom. The lowest BCUT2D eigenvalue weighted by Gasteiger charge is -2.21. The summed E-state index contributed by atoms with van der Waals surface area (Å²) >= 11 is 0. The second-order valence-corrected chi connectivity index (χ2v) is 4.62. The number of hydrogen-bond donors (Lipinski definition) is 3. The van der Waals surface area contributed by atoms with E-state index in [0.29, 0.717) is 5.92 Å². The Labute approximate surface area is 109 Å². The highest BCUT2D eigenvalue weighted by atomic mass is 16.3. The van der Waals surface area contributed by atoms with Gasteiger partial charge < -0.3 is 15.7 Å². The van der Waals surface area contributed by atoms with Crippen molar-refractivity contribution in [2.75, 3.05) is 23.8 Å². The lowest BCUT2D eigenvalue weighted by Crippen LogP contribution is -2.30. The van der Waals surface area contributed by atoms with Crippen molar-refractivity contribution in [2.45, 2.75) is 40.2 Å². The summed E-state index contributed by atoms with van der Waals surface area (Å²) in [5, 5.41) is 15.8. The van der Waals surface area contributed by atoms with Crippen molar-refractivity contribution in [3.8, 4) is 0 Å². The van der Waals surface area contributed by atoms with E-state index in [4.69, 9.17) is 0 Å². The normalized spacial score (nSPS) is 12.6. The molecule has 3 N–H and O–H groups in total. The highest BCUT2D eigenvalue weighted by molar-refractivity contribution is 5.48. The number of nitrogens with zero attached hydrogens (tertiary/aromatic N) is 2. The van der Waals surface area contributed by atoms with Crippen LogP contribution < -0.4 is 10.6 Å². The largest absolute Gasteiger partial charge is 0.394 e.